The van der Waals surface area contributed by atoms with Crippen LogP contribution in [0.1, 0.15) is 21.7 Å². The first-order valence-electron chi connectivity index (χ1n) is 7.53. The first-order chi connectivity index (χ1) is 12.4. The summed E-state index contributed by atoms with van der Waals surface area (Å²) in [7, 11) is 0. The van der Waals surface area contributed by atoms with Crippen molar-refractivity contribution in [3.8, 4) is 0 Å². The lowest BCUT2D eigenvalue weighted by molar-refractivity contribution is 0.0697. The van der Waals surface area contributed by atoms with Gasteiger partial charge >= 0.3 is 5.97 Å². The van der Waals surface area contributed by atoms with Gasteiger partial charge in [0.15, 0.2) is 5.09 Å². The molecule has 0 aliphatic heterocycles. The van der Waals surface area contributed by atoms with E-state index >= 15 is 0 Å². The molecule has 0 radical (unpaired) electrons. The Kier molecular flexibility index (Phi) is 5.86. The summed E-state index contributed by atoms with van der Waals surface area (Å²) in [5.74, 6) is -0.419. The van der Waals surface area contributed by atoms with Crippen LogP contribution in [-0.2, 0) is 0 Å². The standard InChI is InChI=1S/C19H13BrClNO3S/c1-11-2-3-12(18(23)24)8-17(11)22-10-14-9-16(20)19(25-14)26-15-6-4-13(21)5-7-15/h2-10H,1H3,(H,23,24). The Morgan fingerprint density at radius 3 is 2.65 bits per heavy atom. The molecule has 4 nitrogen and oxygen atoms in total. The van der Waals surface area contributed by atoms with E-state index in [0.29, 0.717) is 21.6 Å². The van der Waals surface area contributed by atoms with Crippen molar-refractivity contribution in [3.05, 3.63) is 74.9 Å². The minimum Gasteiger partial charge on any atom is -0.478 e. The van der Waals surface area contributed by atoms with E-state index in [-0.39, 0.29) is 5.56 Å². The van der Waals surface area contributed by atoms with E-state index in [1.54, 1.807) is 18.3 Å². The van der Waals surface area contributed by atoms with Gasteiger partial charge in [-0.05, 0) is 64.8 Å². The predicted octanol–water partition coefficient (Wildman–Crippen LogP) is 6.60. The van der Waals surface area contributed by atoms with Crippen molar-refractivity contribution in [2.75, 3.05) is 0 Å². The lowest BCUT2D eigenvalue weighted by atomic mass is 10.1. The third-order valence-corrected chi connectivity index (χ3v) is 5.59. The third kappa shape index (κ3) is 4.58. The van der Waals surface area contributed by atoms with E-state index in [0.717, 1.165) is 14.9 Å². The number of nitrogens with zero attached hydrogens (tertiary/aromatic N) is 1. The number of hydrogen-bond donors (Lipinski definition) is 1. The number of aromatic carboxylic acids is 1. The second-order valence-corrected chi connectivity index (χ2v) is 7.74. The molecule has 0 aliphatic carbocycles. The van der Waals surface area contributed by atoms with E-state index < -0.39 is 5.97 Å². The first-order valence-corrected chi connectivity index (χ1v) is 9.52. The van der Waals surface area contributed by atoms with Crippen LogP contribution in [0.25, 0.3) is 0 Å². The van der Waals surface area contributed by atoms with Crippen molar-refractivity contribution < 1.29 is 14.3 Å². The lowest BCUT2D eigenvalue weighted by Crippen LogP contribution is -1.95. The summed E-state index contributed by atoms with van der Waals surface area (Å²) < 4.78 is 6.62. The fraction of sp³-hybridized carbons (Fsp3) is 0.0526. The molecule has 1 heterocycles. The molecule has 26 heavy (non-hydrogen) atoms. The van der Waals surface area contributed by atoms with Gasteiger partial charge in [0.2, 0.25) is 0 Å². The maximum Gasteiger partial charge on any atom is 0.335 e. The number of carboxylic acid groups (broad SMARTS) is 1. The minimum atomic E-state index is -0.983. The van der Waals surface area contributed by atoms with Gasteiger partial charge in [0.05, 0.1) is 21.9 Å². The molecule has 3 rings (SSSR count). The Labute approximate surface area is 168 Å². The summed E-state index contributed by atoms with van der Waals surface area (Å²) in [6, 6.07) is 14.1. The molecular weight excluding hydrogens is 438 g/mol. The van der Waals surface area contributed by atoms with Crippen molar-refractivity contribution in [1.82, 2.24) is 0 Å². The molecule has 0 amide bonds. The maximum absolute atomic E-state index is 11.1. The molecule has 0 unspecified atom stereocenters. The molecule has 3 aromatic rings. The number of furan rings is 1. The van der Waals surface area contributed by atoms with Gasteiger partial charge in [0.25, 0.3) is 0 Å². The molecule has 1 N–H and O–H groups in total. The highest BCUT2D eigenvalue weighted by molar-refractivity contribution is 9.10. The van der Waals surface area contributed by atoms with Crippen LogP contribution in [0, 0.1) is 6.92 Å². The third-order valence-electron chi connectivity index (χ3n) is 3.49. The van der Waals surface area contributed by atoms with Crippen LogP contribution in [-0.4, -0.2) is 17.3 Å². The summed E-state index contributed by atoms with van der Waals surface area (Å²) >= 11 is 10.8. The van der Waals surface area contributed by atoms with Gasteiger partial charge in [-0.25, -0.2) is 4.79 Å². The number of carboxylic acids is 1. The van der Waals surface area contributed by atoms with Crippen LogP contribution < -0.4 is 0 Å². The topological polar surface area (TPSA) is 62.8 Å². The van der Waals surface area contributed by atoms with Crippen LogP contribution in [0.3, 0.4) is 0 Å². The van der Waals surface area contributed by atoms with E-state index in [4.69, 9.17) is 21.1 Å². The average molecular weight is 451 g/mol. The van der Waals surface area contributed by atoms with Gasteiger partial charge in [-0.1, -0.05) is 29.4 Å². The Morgan fingerprint density at radius 2 is 1.96 bits per heavy atom. The normalized spacial score (nSPS) is 11.2. The zero-order valence-corrected chi connectivity index (χ0v) is 16.7. The molecule has 0 atom stereocenters. The van der Waals surface area contributed by atoms with Crippen molar-refractivity contribution in [3.63, 3.8) is 0 Å². The number of aryl methyl sites for hydroxylation is 1. The van der Waals surface area contributed by atoms with E-state index in [2.05, 4.69) is 20.9 Å². The minimum absolute atomic E-state index is 0.197. The number of benzene rings is 2. The van der Waals surface area contributed by atoms with Crippen molar-refractivity contribution >= 4 is 57.2 Å². The molecule has 0 saturated carbocycles. The van der Waals surface area contributed by atoms with E-state index in [1.807, 2.05) is 37.3 Å². The highest BCUT2D eigenvalue weighted by atomic mass is 79.9. The van der Waals surface area contributed by atoms with Crippen LogP contribution in [0.15, 0.2) is 72.4 Å². The zero-order chi connectivity index (χ0) is 18.7. The molecule has 0 saturated heterocycles. The number of aliphatic imine (C=N–C) groups is 1. The van der Waals surface area contributed by atoms with Gasteiger partial charge < -0.3 is 9.52 Å². The van der Waals surface area contributed by atoms with Crippen LogP contribution in [0.4, 0.5) is 5.69 Å². The largest absolute Gasteiger partial charge is 0.478 e. The van der Waals surface area contributed by atoms with Gasteiger partial charge in [0, 0.05) is 16.0 Å². The number of rotatable bonds is 5. The molecular formula is C19H13BrClNO3S. The average Bonchev–Trinajstić information content (AvgIpc) is 2.95. The lowest BCUT2D eigenvalue weighted by Gasteiger charge is -2.01. The fourth-order valence-corrected chi connectivity index (χ4v) is 3.58. The van der Waals surface area contributed by atoms with Gasteiger partial charge in [-0.3, -0.25) is 4.99 Å². The highest BCUT2D eigenvalue weighted by Gasteiger charge is 2.10. The first kappa shape index (κ1) is 18.8. The van der Waals surface area contributed by atoms with Gasteiger partial charge in [-0.15, -0.1) is 0 Å². The molecule has 0 spiro atoms. The maximum atomic E-state index is 11.1. The van der Waals surface area contributed by atoms with Crippen LogP contribution in [0.5, 0.6) is 0 Å². The Hall–Kier alpha value is -2.02. The van der Waals surface area contributed by atoms with Crippen molar-refractivity contribution in [1.29, 1.82) is 0 Å². The Morgan fingerprint density at radius 1 is 1.23 bits per heavy atom. The summed E-state index contributed by atoms with van der Waals surface area (Å²) in [5.41, 5.74) is 1.67. The molecule has 0 bridgehead atoms. The highest BCUT2D eigenvalue weighted by Crippen LogP contribution is 2.36. The quantitative estimate of drug-likeness (QED) is 0.445. The fourth-order valence-electron chi connectivity index (χ4n) is 2.13. The molecule has 1 aromatic heterocycles. The summed E-state index contributed by atoms with van der Waals surface area (Å²) in [6.45, 7) is 1.87. The second-order valence-electron chi connectivity index (χ2n) is 5.40. The van der Waals surface area contributed by atoms with Gasteiger partial charge in [0.1, 0.15) is 5.76 Å². The summed E-state index contributed by atoms with van der Waals surface area (Å²) in [4.78, 5) is 16.5. The van der Waals surface area contributed by atoms with Gasteiger partial charge in [-0.2, -0.15) is 0 Å². The number of halogens is 2. The smallest absolute Gasteiger partial charge is 0.335 e. The van der Waals surface area contributed by atoms with E-state index in [1.165, 1.54) is 17.8 Å². The summed E-state index contributed by atoms with van der Waals surface area (Å²) in [6.07, 6.45) is 1.57. The monoisotopic (exact) mass is 449 g/mol. The molecule has 0 fully saturated rings. The van der Waals surface area contributed by atoms with E-state index in [9.17, 15) is 4.79 Å². The Bertz CT molecular complexity index is 983. The molecule has 132 valence electrons. The number of carbonyl (C=O) groups is 1. The van der Waals surface area contributed by atoms with Crippen molar-refractivity contribution in [2.45, 2.75) is 16.9 Å². The van der Waals surface area contributed by atoms with Crippen molar-refractivity contribution in [2.24, 2.45) is 4.99 Å². The molecule has 7 heteroatoms. The predicted molar refractivity (Wildman–Crippen MR) is 107 cm³/mol. The molecule has 0 aliphatic rings. The molecule has 2 aromatic carbocycles. The van der Waals surface area contributed by atoms with Crippen LogP contribution >= 0.6 is 39.3 Å². The number of hydrogen-bond acceptors (Lipinski definition) is 4. The van der Waals surface area contributed by atoms with Crippen LogP contribution in [0.2, 0.25) is 5.02 Å². The SMILES string of the molecule is Cc1ccc(C(=O)O)cc1N=Cc1cc(Br)c(Sc2ccc(Cl)cc2)o1. The Balaban J connectivity index is 1.81. The zero-order valence-electron chi connectivity index (χ0n) is 13.6. The summed E-state index contributed by atoms with van der Waals surface area (Å²) in [5, 5.41) is 10.5. The second kappa shape index (κ2) is 8.12.